The Balaban J connectivity index is 1.64. The summed E-state index contributed by atoms with van der Waals surface area (Å²) in [5.41, 5.74) is -1.62. The Hall–Kier alpha value is -2.74. The summed E-state index contributed by atoms with van der Waals surface area (Å²) in [6.07, 6.45) is -4.75. The van der Waals surface area contributed by atoms with Gasteiger partial charge in [-0.2, -0.15) is 17.9 Å². The van der Waals surface area contributed by atoms with Crippen LogP contribution in [0, 0.1) is 5.92 Å². The first-order valence-electron chi connectivity index (χ1n) is 9.08. The number of hydrogen-bond acceptors (Lipinski definition) is 7. The van der Waals surface area contributed by atoms with E-state index in [0.29, 0.717) is 23.0 Å². The summed E-state index contributed by atoms with van der Waals surface area (Å²) in [5.74, 6) is -4.48. The fraction of sp³-hybridized carbons (Fsp3) is 0.263. The lowest BCUT2D eigenvalue weighted by Crippen LogP contribution is -2.46. The van der Waals surface area contributed by atoms with Crippen LogP contribution in [0.3, 0.4) is 0 Å². The number of thiophene rings is 1. The molecule has 2 unspecified atom stereocenters. The Labute approximate surface area is 183 Å². The molecule has 3 aromatic rings. The highest BCUT2D eigenvalue weighted by atomic mass is 32.2. The van der Waals surface area contributed by atoms with E-state index in [0.717, 1.165) is 6.07 Å². The number of aliphatic hydroxyl groups excluding tert-OH is 1. The number of aromatic nitrogens is 1. The van der Waals surface area contributed by atoms with Crippen molar-refractivity contribution < 1.29 is 41.1 Å². The fourth-order valence-electron chi connectivity index (χ4n) is 3.74. The van der Waals surface area contributed by atoms with Gasteiger partial charge in [0, 0.05) is 24.5 Å². The molecule has 1 aromatic carbocycles. The summed E-state index contributed by atoms with van der Waals surface area (Å²) in [6, 6.07) is 11.3. The number of carbonyl (C=O) groups is 1. The molecule has 0 spiro atoms. The number of rotatable bonds is 7. The molecule has 1 aliphatic rings. The standard InChI is InChI=1S/C19H15F3N2O6S2/c20-19(21,22)14-8-12(23-30-14)13-6-7-15(31-13)32(28,29)24-18(17(26)27)11(9-25)16(18)10-4-2-1-3-5-10/h1-8,11,16,24-25H,9H2,(H,26,27)/t11?,16-,18?/m0/s1. The first-order chi connectivity index (χ1) is 15.0. The number of alkyl halides is 3. The summed E-state index contributed by atoms with van der Waals surface area (Å²) in [6.45, 7) is -0.566. The predicted molar refractivity (Wildman–Crippen MR) is 105 cm³/mol. The van der Waals surface area contributed by atoms with E-state index in [1.54, 1.807) is 30.3 Å². The molecule has 0 bridgehead atoms. The van der Waals surface area contributed by atoms with Crippen LogP contribution < -0.4 is 4.72 Å². The number of carboxylic acid groups (broad SMARTS) is 1. The molecule has 2 aromatic heterocycles. The lowest BCUT2D eigenvalue weighted by molar-refractivity contribution is -0.155. The second-order valence-corrected chi connectivity index (χ2v) is 10.1. The third-order valence-electron chi connectivity index (χ3n) is 5.27. The zero-order chi connectivity index (χ0) is 23.3. The van der Waals surface area contributed by atoms with Crippen LogP contribution in [0.2, 0.25) is 0 Å². The molecule has 0 saturated heterocycles. The molecule has 8 nitrogen and oxygen atoms in total. The van der Waals surface area contributed by atoms with Crippen LogP contribution in [0.15, 0.2) is 57.3 Å². The quantitative estimate of drug-likeness (QED) is 0.466. The Morgan fingerprint density at radius 1 is 1.22 bits per heavy atom. The van der Waals surface area contributed by atoms with Crippen LogP contribution in [0.1, 0.15) is 17.2 Å². The van der Waals surface area contributed by atoms with Crippen molar-refractivity contribution in [1.29, 1.82) is 0 Å². The molecule has 32 heavy (non-hydrogen) atoms. The van der Waals surface area contributed by atoms with Gasteiger partial charge >= 0.3 is 12.1 Å². The lowest BCUT2D eigenvalue weighted by atomic mass is 10.1. The molecule has 3 atom stereocenters. The third kappa shape index (κ3) is 3.70. The van der Waals surface area contributed by atoms with E-state index in [1.165, 1.54) is 6.07 Å². The molecule has 13 heteroatoms. The Bertz CT molecular complexity index is 1260. The molecule has 4 rings (SSSR count). The number of hydrogen-bond donors (Lipinski definition) is 3. The monoisotopic (exact) mass is 488 g/mol. The topological polar surface area (TPSA) is 130 Å². The van der Waals surface area contributed by atoms with Gasteiger partial charge in [-0.3, -0.25) is 4.79 Å². The maximum absolute atomic E-state index is 13.0. The Kier molecular flexibility index (Phi) is 5.40. The minimum atomic E-state index is -4.75. The summed E-state index contributed by atoms with van der Waals surface area (Å²) < 4.78 is 70.2. The number of nitrogens with zero attached hydrogens (tertiary/aromatic N) is 1. The van der Waals surface area contributed by atoms with Crippen molar-refractivity contribution in [2.24, 2.45) is 5.92 Å². The molecule has 1 saturated carbocycles. The largest absolute Gasteiger partial charge is 0.480 e. The van der Waals surface area contributed by atoms with Gasteiger partial charge in [0.1, 0.15) is 15.4 Å². The number of halogens is 3. The zero-order valence-corrected chi connectivity index (χ0v) is 17.5. The molecule has 3 N–H and O–H groups in total. The van der Waals surface area contributed by atoms with Crippen molar-refractivity contribution in [3.05, 3.63) is 59.9 Å². The van der Waals surface area contributed by atoms with E-state index < -0.39 is 51.9 Å². The molecular weight excluding hydrogens is 473 g/mol. The summed E-state index contributed by atoms with van der Waals surface area (Å²) >= 11 is 0.607. The van der Waals surface area contributed by atoms with Crippen molar-refractivity contribution >= 4 is 27.3 Å². The van der Waals surface area contributed by atoms with Gasteiger partial charge in [-0.15, -0.1) is 11.3 Å². The lowest BCUT2D eigenvalue weighted by Gasteiger charge is -2.15. The normalized spacial score (nSPS) is 23.2. The first-order valence-corrected chi connectivity index (χ1v) is 11.4. The number of aliphatic hydroxyl groups is 1. The van der Waals surface area contributed by atoms with Crippen LogP contribution in [0.5, 0.6) is 0 Å². The van der Waals surface area contributed by atoms with Crippen molar-refractivity contribution in [3.63, 3.8) is 0 Å². The van der Waals surface area contributed by atoms with E-state index in [9.17, 15) is 36.6 Å². The molecule has 0 radical (unpaired) electrons. The number of benzene rings is 1. The van der Waals surface area contributed by atoms with E-state index in [4.69, 9.17) is 0 Å². The van der Waals surface area contributed by atoms with E-state index in [2.05, 4.69) is 14.4 Å². The maximum atomic E-state index is 13.0. The smallest absolute Gasteiger partial charge is 0.452 e. The van der Waals surface area contributed by atoms with E-state index in [1.807, 2.05) is 0 Å². The number of sulfonamides is 1. The summed E-state index contributed by atoms with van der Waals surface area (Å²) in [5, 5.41) is 22.9. The van der Waals surface area contributed by atoms with E-state index >= 15 is 0 Å². The summed E-state index contributed by atoms with van der Waals surface area (Å²) in [4.78, 5) is 12.2. The number of carboxylic acids is 1. The van der Waals surface area contributed by atoms with Gasteiger partial charge in [-0.05, 0) is 17.7 Å². The van der Waals surface area contributed by atoms with Gasteiger partial charge in [0.15, 0.2) is 0 Å². The second-order valence-electron chi connectivity index (χ2n) is 7.15. The van der Waals surface area contributed by atoms with Gasteiger partial charge in [-0.25, -0.2) is 8.42 Å². The SMILES string of the molecule is O=C(O)C1(NS(=O)(=O)c2ccc(-c3cc(C(F)(F)F)on3)s2)C(CO)[C@@H]1c1ccccc1. The van der Waals surface area contributed by atoms with Gasteiger partial charge in [0.2, 0.25) is 5.76 Å². The minimum absolute atomic E-state index is 0.0862. The molecule has 0 aliphatic heterocycles. The molecule has 1 fully saturated rings. The number of nitrogens with one attached hydrogen (secondary N) is 1. The van der Waals surface area contributed by atoms with Crippen LogP contribution >= 0.6 is 11.3 Å². The van der Waals surface area contributed by atoms with Gasteiger partial charge in [0.05, 0.1) is 4.88 Å². The third-order valence-corrected chi connectivity index (χ3v) is 8.35. The second kappa shape index (κ2) is 7.69. The highest BCUT2D eigenvalue weighted by molar-refractivity contribution is 7.91. The van der Waals surface area contributed by atoms with E-state index in [-0.39, 0.29) is 14.8 Å². The van der Waals surface area contributed by atoms with Gasteiger partial charge in [0.25, 0.3) is 10.0 Å². The molecule has 170 valence electrons. The van der Waals surface area contributed by atoms with Crippen molar-refractivity contribution in [3.8, 4) is 10.6 Å². The molecule has 1 aliphatic carbocycles. The van der Waals surface area contributed by atoms with Crippen LogP contribution in [0.4, 0.5) is 13.2 Å². The summed E-state index contributed by atoms with van der Waals surface area (Å²) in [7, 11) is -4.40. The van der Waals surface area contributed by atoms with Crippen molar-refractivity contribution in [2.45, 2.75) is 21.8 Å². The van der Waals surface area contributed by atoms with Crippen molar-refractivity contribution in [2.75, 3.05) is 6.61 Å². The molecular formula is C19H15F3N2O6S2. The minimum Gasteiger partial charge on any atom is -0.480 e. The maximum Gasteiger partial charge on any atom is 0.452 e. The Morgan fingerprint density at radius 3 is 2.47 bits per heavy atom. The highest BCUT2D eigenvalue weighted by Gasteiger charge is 2.72. The zero-order valence-electron chi connectivity index (χ0n) is 15.9. The Morgan fingerprint density at radius 2 is 1.91 bits per heavy atom. The van der Waals surface area contributed by atoms with Gasteiger partial charge in [-0.1, -0.05) is 35.5 Å². The number of aliphatic carboxylic acids is 1. The molecule has 0 amide bonds. The first kappa shape index (κ1) is 22.5. The fourth-order valence-corrected chi connectivity index (χ4v) is 6.42. The predicted octanol–water partition coefficient (Wildman–Crippen LogP) is 2.93. The van der Waals surface area contributed by atoms with Gasteiger partial charge < -0.3 is 14.7 Å². The molecule has 2 heterocycles. The van der Waals surface area contributed by atoms with Crippen LogP contribution in [0.25, 0.3) is 10.6 Å². The van der Waals surface area contributed by atoms with Crippen LogP contribution in [-0.2, 0) is 21.0 Å². The average Bonchev–Trinajstić information content (AvgIpc) is 3.13. The highest BCUT2D eigenvalue weighted by Crippen LogP contribution is 2.58. The van der Waals surface area contributed by atoms with Crippen molar-refractivity contribution in [1.82, 2.24) is 9.88 Å². The van der Waals surface area contributed by atoms with Crippen LogP contribution in [-0.4, -0.2) is 41.9 Å². The average molecular weight is 488 g/mol.